The molecule has 1 amide bonds. The third-order valence-corrected chi connectivity index (χ3v) is 7.05. The Bertz CT molecular complexity index is 1110. The number of ether oxygens (including phenoxy) is 2. The molecule has 0 bridgehead atoms. The highest BCUT2D eigenvalue weighted by atomic mass is 35.5. The number of hydrogen-bond donors (Lipinski definition) is 2. The standard InChI is InChI=1S/C28H35ClN2O4/c1-3-21(34-17-7-6-16-32)12-10-19(2)27-26-23(24-18-20(29)11-13-25(24)30-26)14-15-31(27)28(33)35-22-8-4-5-9-22/h3,10-13,18,22,27,30,32H,2,4-9,14-17H2,1H3. The molecule has 0 spiro atoms. The molecule has 1 fully saturated rings. The topological polar surface area (TPSA) is 74.8 Å². The molecular formula is C28H35ClN2O4. The normalized spacial score (nSPS) is 18.9. The van der Waals surface area contributed by atoms with Crippen molar-refractivity contribution in [2.45, 2.75) is 64.0 Å². The number of rotatable bonds is 9. The molecule has 2 heterocycles. The van der Waals surface area contributed by atoms with Crippen molar-refractivity contribution in [3.8, 4) is 0 Å². The minimum atomic E-state index is -0.373. The number of carbonyl (C=O) groups is 1. The maximum atomic E-state index is 13.3. The Morgan fingerprint density at radius 1 is 1.29 bits per heavy atom. The van der Waals surface area contributed by atoms with Crippen molar-refractivity contribution in [2.75, 3.05) is 19.8 Å². The average molecular weight is 499 g/mol. The van der Waals surface area contributed by atoms with E-state index in [-0.39, 0.29) is 24.8 Å². The van der Waals surface area contributed by atoms with Crippen LogP contribution in [0.25, 0.3) is 10.9 Å². The van der Waals surface area contributed by atoms with E-state index in [0.29, 0.717) is 24.6 Å². The number of aliphatic hydroxyl groups excluding tert-OH is 1. The van der Waals surface area contributed by atoms with Gasteiger partial charge >= 0.3 is 6.09 Å². The summed E-state index contributed by atoms with van der Waals surface area (Å²) in [6.07, 6.45) is 11.7. The molecule has 188 valence electrons. The number of aromatic amines is 1. The van der Waals surface area contributed by atoms with Crippen molar-refractivity contribution >= 4 is 28.6 Å². The van der Waals surface area contributed by atoms with Gasteiger partial charge in [-0.3, -0.25) is 4.90 Å². The lowest BCUT2D eigenvalue weighted by atomic mass is 9.93. The highest BCUT2D eigenvalue weighted by molar-refractivity contribution is 6.31. The predicted molar refractivity (Wildman–Crippen MR) is 140 cm³/mol. The largest absolute Gasteiger partial charge is 0.494 e. The Balaban J connectivity index is 1.60. The highest BCUT2D eigenvalue weighted by Gasteiger charge is 2.36. The van der Waals surface area contributed by atoms with Crippen LogP contribution in [0.1, 0.15) is 62.7 Å². The van der Waals surface area contributed by atoms with Gasteiger partial charge < -0.3 is 19.6 Å². The van der Waals surface area contributed by atoms with Crippen LogP contribution in [0.2, 0.25) is 5.02 Å². The molecule has 35 heavy (non-hydrogen) atoms. The van der Waals surface area contributed by atoms with Crippen LogP contribution in [0.3, 0.4) is 0 Å². The molecular weight excluding hydrogens is 464 g/mol. The van der Waals surface area contributed by atoms with Crippen molar-refractivity contribution in [3.63, 3.8) is 0 Å². The van der Waals surface area contributed by atoms with Crippen LogP contribution in [0.5, 0.6) is 0 Å². The highest BCUT2D eigenvalue weighted by Crippen LogP contribution is 2.40. The van der Waals surface area contributed by atoms with E-state index in [2.05, 4.69) is 11.6 Å². The molecule has 6 nitrogen and oxygen atoms in total. The summed E-state index contributed by atoms with van der Waals surface area (Å²) in [5, 5.41) is 10.7. The second kappa shape index (κ2) is 11.8. The Morgan fingerprint density at radius 3 is 2.83 bits per heavy atom. The van der Waals surface area contributed by atoms with Crippen LogP contribution in [0.4, 0.5) is 4.79 Å². The number of H-pyrrole nitrogens is 1. The van der Waals surface area contributed by atoms with Gasteiger partial charge in [-0.25, -0.2) is 4.79 Å². The molecule has 1 saturated carbocycles. The second-order valence-electron chi connectivity index (χ2n) is 9.22. The minimum Gasteiger partial charge on any atom is -0.494 e. The number of amides is 1. The number of unbranched alkanes of at least 4 members (excludes halogenated alkanes) is 1. The maximum absolute atomic E-state index is 13.3. The number of benzene rings is 1. The maximum Gasteiger partial charge on any atom is 0.410 e. The molecule has 1 unspecified atom stereocenters. The average Bonchev–Trinajstić information content (AvgIpc) is 3.50. The van der Waals surface area contributed by atoms with Gasteiger partial charge in [-0.1, -0.05) is 24.3 Å². The number of aromatic nitrogens is 1. The van der Waals surface area contributed by atoms with Gasteiger partial charge in [0, 0.05) is 34.8 Å². The number of allylic oxidation sites excluding steroid dienone is 2. The van der Waals surface area contributed by atoms with Crippen LogP contribution in [0, 0.1) is 0 Å². The monoisotopic (exact) mass is 498 g/mol. The summed E-state index contributed by atoms with van der Waals surface area (Å²) in [5.74, 6) is 0.726. The van der Waals surface area contributed by atoms with Crippen molar-refractivity contribution in [3.05, 3.63) is 70.6 Å². The molecule has 0 saturated heterocycles. The molecule has 1 aliphatic carbocycles. The van der Waals surface area contributed by atoms with Crippen molar-refractivity contribution in [2.24, 2.45) is 0 Å². The van der Waals surface area contributed by atoms with E-state index in [1.165, 1.54) is 5.56 Å². The van der Waals surface area contributed by atoms with Crippen LogP contribution in [0.15, 0.2) is 54.3 Å². The SMILES string of the molecule is C=C(C=CC(=CC)OCCCCO)C1c2[nH]c3ccc(Cl)cc3c2CCN1C(=O)OC1CCCC1. The van der Waals surface area contributed by atoms with Crippen molar-refractivity contribution < 1.29 is 19.4 Å². The van der Waals surface area contributed by atoms with Crippen LogP contribution in [-0.2, 0) is 15.9 Å². The molecule has 1 aliphatic heterocycles. The first-order valence-corrected chi connectivity index (χ1v) is 12.9. The number of nitrogens with zero attached hydrogens (tertiary/aromatic N) is 1. The zero-order valence-corrected chi connectivity index (χ0v) is 21.2. The van der Waals surface area contributed by atoms with Crippen LogP contribution in [-0.4, -0.2) is 46.9 Å². The molecule has 4 rings (SSSR count). The van der Waals surface area contributed by atoms with Gasteiger partial charge in [0.2, 0.25) is 0 Å². The summed E-state index contributed by atoms with van der Waals surface area (Å²) in [7, 11) is 0. The van der Waals surface area contributed by atoms with Gasteiger partial charge in [0.25, 0.3) is 0 Å². The van der Waals surface area contributed by atoms with E-state index >= 15 is 0 Å². The predicted octanol–water partition coefficient (Wildman–Crippen LogP) is 6.61. The first-order valence-electron chi connectivity index (χ1n) is 12.6. The van der Waals surface area contributed by atoms with Gasteiger partial charge in [0.1, 0.15) is 17.9 Å². The minimum absolute atomic E-state index is 0.00294. The van der Waals surface area contributed by atoms with Crippen LogP contribution >= 0.6 is 11.6 Å². The lowest BCUT2D eigenvalue weighted by Gasteiger charge is -2.36. The summed E-state index contributed by atoms with van der Waals surface area (Å²) in [4.78, 5) is 18.6. The van der Waals surface area contributed by atoms with E-state index < -0.39 is 0 Å². The third-order valence-electron chi connectivity index (χ3n) is 6.81. The molecule has 2 aromatic rings. The quantitative estimate of drug-likeness (QED) is 0.232. The van der Waals surface area contributed by atoms with Gasteiger partial charge in [-0.2, -0.15) is 0 Å². The van der Waals surface area contributed by atoms with E-state index in [1.54, 1.807) is 4.90 Å². The van der Waals surface area contributed by atoms with E-state index in [4.69, 9.17) is 26.2 Å². The third kappa shape index (κ3) is 5.93. The fourth-order valence-corrected chi connectivity index (χ4v) is 5.14. The summed E-state index contributed by atoms with van der Waals surface area (Å²) < 4.78 is 11.7. The molecule has 1 aromatic heterocycles. The van der Waals surface area contributed by atoms with Gasteiger partial charge in [0.05, 0.1) is 6.61 Å². The van der Waals surface area contributed by atoms with E-state index in [9.17, 15) is 4.79 Å². The molecule has 2 aliphatic rings. The first-order chi connectivity index (χ1) is 17.0. The second-order valence-corrected chi connectivity index (χ2v) is 9.66. The van der Waals surface area contributed by atoms with Gasteiger partial charge in [0.15, 0.2) is 0 Å². The van der Waals surface area contributed by atoms with Gasteiger partial charge in [-0.05, 0) is 93.4 Å². The van der Waals surface area contributed by atoms with E-state index in [0.717, 1.165) is 66.5 Å². The summed E-state index contributed by atoms with van der Waals surface area (Å²) in [6.45, 7) is 7.50. The Kier molecular flexibility index (Phi) is 8.58. The number of halogens is 1. The molecule has 2 N–H and O–H groups in total. The van der Waals surface area contributed by atoms with Gasteiger partial charge in [-0.15, -0.1) is 0 Å². The Hall–Kier alpha value is -2.70. The van der Waals surface area contributed by atoms with Crippen molar-refractivity contribution in [1.82, 2.24) is 9.88 Å². The Labute approximate surface area is 212 Å². The summed E-state index contributed by atoms with van der Waals surface area (Å²) in [5.41, 5.74) is 3.88. The zero-order chi connectivity index (χ0) is 24.8. The summed E-state index contributed by atoms with van der Waals surface area (Å²) >= 11 is 6.29. The Morgan fingerprint density at radius 2 is 2.09 bits per heavy atom. The number of nitrogens with one attached hydrogen (secondary N) is 1. The molecule has 1 atom stereocenters. The number of carbonyl (C=O) groups excluding carboxylic acids is 1. The first kappa shape index (κ1) is 25.4. The molecule has 1 aromatic carbocycles. The fraction of sp³-hybridized carbons (Fsp3) is 0.464. The van der Waals surface area contributed by atoms with E-state index in [1.807, 2.05) is 43.4 Å². The fourth-order valence-electron chi connectivity index (χ4n) is 4.97. The zero-order valence-electron chi connectivity index (χ0n) is 20.4. The van der Waals surface area contributed by atoms with Crippen molar-refractivity contribution in [1.29, 1.82) is 0 Å². The summed E-state index contributed by atoms with van der Waals surface area (Å²) in [6, 6.07) is 5.45. The number of aliphatic hydroxyl groups is 1. The van der Waals surface area contributed by atoms with Crippen LogP contribution < -0.4 is 0 Å². The molecule has 7 heteroatoms. The number of fused-ring (bicyclic) bond motifs is 3. The lowest BCUT2D eigenvalue weighted by Crippen LogP contribution is -2.42. The number of hydrogen-bond acceptors (Lipinski definition) is 4. The molecule has 0 radical (unpaired) electrons. The smallest absolute Gasteiger partial charge is 0.410 e. The lowest BCUT2D eigenvalue weighted by molar-refractivity contribution is 0.0551.